The van der Waals surface area contributed by atoms with E-state index >= 15 is 0 Å². The lowest BCUT2D eigenvalue weighted by atomic mass is 10.1. The molecule has 8 heteroatoms. The van der Waals surface area contributed by atoms with Gasteiger partial charge in [0.05, 0.1) is 16.6 Å². The molecule has 7 nitrogen and oxygen atoms in total. The molecule has 2 heterocycles. The number of aryl methyl sites for hydroxylation is 1. The van der Waals surface area contributed by atoms with E-state index in [1.165, 1.54) is 6.07 Å². The number of benzene rings is 1. The van der Waals surface area contributed by atoms with Crippen molar-refractivity contribution < 1.29 is 17.9 Å². The number of pyridine rings is 1. The number of rotatable bonds is 4. The van der Waals surface area contributed by atoms with Gasteiger partial charge in [0.1, 0.15) is 0 Å². The van der Waals surface area contributed by atoms with Crippen LogP contribution in [0.15, 0.2) is 35.4 Å². The Hall–Kier alpha value is -2.19. The van der Waals surface area contributed by atoms with Gasteiger partial charge in [-0.3, -0.25) is 4.98 Å². The maximum Gasteiger partial charge on any atom is 0.328 e. The highest BCUT2D eigenvalue weighted by Crippen LogP contribution is 2.29. The normalized spacial score (nSPS) is 19.4. The molecule has 0 aliphatic carbocycles. The molecule has 0 radical (unpaired) electrons. The number of nitrogens with zero attached hydrogens (tertiary/aromatic N) is 1. The first kappa shape index (κ1) is 18.6. The van der Waals surface area contributed by atoms with Crippen LogP contribution in [-0.4, -0.2) is 37.7 Å². The molecular formula is C18H23N3O4S. The lowest BCUT2D eigenvalue weighted by Crippen LogP contribution is -2.42. The minimum absolute atomic E-state index is 0.0499. The first-order valence-corrected chi connectivity index (χ1v) is 9.99. The van der Waals surface area contributed by atoms with Gasteiger partial charge >= 0.3 is 6.03 Å². The van der Waals surface area contributed by atoms with E-state index in [-0.39, 0.29) is 23.1 Å². The summed E-state index contributed by atoms with van der Waals surface area (Å²) in [6.45, 7) is 6.06. The van der Waals surface area contributed by atoms with Crippen molar-refractivity contribution in [1.29, 1.82) is 0 Å². The number of urea groups is 1. The lowest BCUT2D eigenvalue weighted by molar-refractivity contribution is -0.0131. The fourth-order valence-electron chi connectivity index (χ4n) is 3.20. The summed E-state index contributed by atoms with van der Waals surface area (Å²) < 4.78 is 33.1. The summed E-state index contributed by atoms with van der Waals surface area (Å²) in [5.74, 6) is 0. The molecule has 3 rings (SSSR count). The molecule has 1 atom stereocenters. The van der Waals surface area contributed by atoms with Crippen LogP contribution in [0.5, 0.6) is 0 Å². The van der Waals surface area contributed by atoms with E-state index in [0.29, 0.717) is 5.39 Å². The van der Waals surface area contributed by atoms with Crippen molar-refractivity contribution in [2.75, 3.05) is 6.54 Å². The highest BCUT2D eigenvalue weighted by molar-refractivity contribution is 7.90. The van der Waals surface area contributed by atoms with Gasteiger partial charge in [-0.25, -0.2) is 17.9 Å². The molecule has 1 aromatic heterocycles. The Morgan fingerprint density at radius 1 is 1.31 bits per heavy atom. The summed E-state index contributed by atoms with van der Waals surface area (Å²) >= 11 is 0. The Balaban J connectivity index is 1.71. The summed E-state index contributed by atoms with van der Waals surface area (Å²) in [6.07, 6.45) is 3.18. The van der Waals surface area contributed by atoms with Gasteiger partial charge in [0.15, 0.2) is 0 Å². The number of hydrogen-bond acceptors (Lipinski definition) is 5. The average molecular weight is 377 g/mol. The standard InChI is InChI=1S/C18H23N3O4S/c1-12-14-5-4-6-16(15(14)8-10-19-12)26(23,24)21-17(22)20-11-13-7-9-18(2,3)25-13/h4-6,8,10,13H,7,9,11H2,1-3H3,(H2,20,21,22). The number of amides is 2. The van der Waals surface area contributed by atoms with Gasteiger partial charge in [0.25, 0.3) is 10.0 Å². The van der Waals surface area contributed by atoms with Gasteiger partial charge in [-0.2, -0.15) is 0 Å². The Kier molecular flexibility index (Phi) is 4.90. The van der Waals surface area contributed by atoms with Crippen LogP contribution in [0, 0.1) is 6.92 Å². The molecule has 1 fully saturated rings. The summed E-state index contributed by atoms with van der Waals surface area (Å²) in [5, 5.41) is 3.84. The van der Waals surface area contributed by atoms with E-state index in [9.17, 15) is 13.2 Å². The summed E-state index contributed by atoms with van der Waals surface area (Å²) in [4.78, 5) is 16.3. The smallest absolute Gasteiger partial charge is 0.328 e. The first-order valence-electron chi connectivity index (χ1n) is 8.51. The van der Waals surface area contributed by atoms with Crippen molar-refractivity contribution in [3.8, 4) is 0 Å². The largest absolute Gasteiger partial charge is 0.371 e. The fourth-order valence-corrected chi connectivity index (χ4v) is 4.35. The number of sulfonamides is 1. The van der Waals surface area contributed by atoms with Crippen LogP contribution in [-0.2, 0) is 14.8 Å². The highest BCUT2D eigenvalue weighted by Gasteiger charge is 2.32. The summed E-state index contributed by atoms with van der Waals surface area (Å²) in [6, 6.07) is 5.78. The zero-order valence-electron chi connectivity index (χ0n) is 15.1. The molecule has 2 aromatic rings. The number of hydrogen-bond donors (Lipinski definition) is 2. The topological polar surface area (TPSA) is 97.4 Å². The molecule has 1 aromatic carbocycles. The minimum Gasteiger partial charge on any atom is -0.371 e. The van der Waals surface area contributed by atoms with Gasteiger partial charge in [0.2, 0.25) is 0 Å². The van der Waals surface area contributed by atoms with Crippen molar-refractivity contribution in [2.24, 2.45) is 0 Å². The Bertz CT molecular complexity index is 941. The molecule has 1 saturated heterocycles. The number of carbonyl (C=O) groups is 1. The van der Waals surface area contributed by atoms with Gasteiger partial charge in [-0.05, 0) is 45.7 Å². The van der Waals surface area contributed by atoms with E-state index in [1.54, 1.807) is 24.4 Å². The van der Waals surface area contributed by atoms with E-state index in [2.05, 4.69) is 15.0 Å². The lowest BCUT2D eigenvalue weighted by Gasteiger charge is -2.19. The third kappa shape index (κ3) is 3.96. The second-order valence-electron chi connectivity index (χ2n) is 7.10. The maximum atomic E-state index is 12.6. The summed E-state index contributed by atoms with van der Waals surface area (Å²) in [5.41, 5.74) is 0.522. The highest BCUT2D eigenvalue weighted by atomic mass is 32.2. The molecule has 2 N–H and O–H groups in total. The van der Waals surface area contributed by atoms with Crippen LogP contribution in [0.25, 0.3) is 10.8 Å². The Labute approximate surface area is 153 Å². The Morgan fingerprint density at radius 3 is 2.77 bits per heavy atom. The number of nitrogens with one attached hydrogen (secondary N) is 2. The number of ether oxygens (including phenoxy) is 1. The van der Waals surface area contributed by atoms with Crippen molar-refractivity contribution in [1.82, 2.24) is 15.0 Å². The summed E-state index contributed by atoms with van der Waals surface area (Å²) in [7, 11) is -4.00. The van der Waals surface area contributed by atoms with E-state index < -0.39 is 16.1 Å². The van der Waals surface area contributed by atoms with Crippen molar-refractivity contribution >= 4 is 26.8 Å². The van der Waals surface area contributed by atoms with Crippen LogP contribution in [0.3, 0.4) is 0 Å². The van der Waals surface area contributed by atoms with Crippen LogP contribution in [0.2, 0.25) is 0 Å². The molecule has 1 aliphatic heterocycles. The fraction of sp³-hybridized carbons (Fsp3) is 0.444. The second kappa shape index (κ2) is 6.85. The van der Waals surface area contributed by atoms with E-state index in [4.69, 9.17) is 4.74 Å². The van der Waals surface area contributed by atoms with Crippen molar-refractivity contribution in [2.45, 2.75) is 50.2 Å². The molecule has 140 valence electrons. The number of carbonyl (C=O) groups excluding carboxylic acids is 1. The van der Waals surface area contributed by atoms with Gasteiger partial charge in [0, 0.05) is 29.2 Å². The second-order valence-corrected chi connectivity index (χ2v) is 8.75. The van der Waals surface area contributed by atoms with Gasteiger partial charge in [-0.1, -0.05) is 12.1 Å². The van der Waals surface area contributed by atoms with Crippen LogP contribution in [0.4, 0.5) is 4.79 Å². The predicted molar refractivity (Wildman–Crippen MR) is 98.4 cm³/mol. The third-order valence-electron chi connectivity index (χ3n) is 4.53. The number of fused-ring (bicyclic) bond motifs is 1. The third-order valence-corrected chi connectivity index (χ3v) is 5.92. The monoisotopic (exact) mass is 377 g/mol. The SMILES string of the molecule is Cc1nccc2c(S(=O)(=O)NC(=O)NCC3CCC(C)(C)O3)cccc12. The van der Waals surface area contributed by atoms with Crippen LogP contribution >= 0.6 is 0 Å². The van der Waals surface area contributed by atoms with Gasteiger partial charge in [-0.15, -0.1) is 0 Å². The maximum absolute atomic E-state index is 12.6. The predicted octanol–water partition coefficient (Wildman–Crippen LogP) is 2.49. The average Bonchev–Trinajstić information content (AvgIpc) is 2.91. The van der Waals surface area contributed by atoms with E-state index in [1.807, 2.05) is 20.8 Å². The van der Waals surface area contributed by atoms with Crippen molar-refractivity contribution in [3.05, 3.63) is 36.2 Å². The van der Waals surface area contributed by atoms with Gasteiger partial charge < -0.3 is 10.1 Å². The quantitative estimate of drug-likeness (QED) is 0.853. The van der Waals surface area contributed by atoms with Crippen LogP contribution < -0.4 is 10.0 Å². The molecule has 26 heavy (non-hydrogen) atoms. The van der Waals surface area contributed by atoms with Crippen LogP contribution in [0.1, 0.15) is 32.4 Å². The molecule has 2 amide bonds. The molecule has 0 spiro atoms. The first-order chi connectivity index (χ1) is 12.2. The Morgan fingerprint density at radius 2 is 2.08 bits per heavy atom. The molecule has 0 saturated carbocycles. The van der Waals surface area contributed by atoms with Crippen molar-refractivity contribution in [3.63, 3.8) is 0 Å². The molecular weight excluding hydrogens is 354 g/mol. The molecule has 0 bridgehead atoms. The zero-order valence-corrected chi connectivity index (χ0v) is 15.9. The molecule has 1 aliphatic rings. The van der Waals surface area contributed by atoms with E-state index in [0.717, 1.165) is 23.9 Å². The molecule has 1 unspecified atom stereocenters. The number of aromatic nitrogens is 1. The zero-order chi connectivity index (χ0) is 18.9. The minimum atomic E-state index is -4.00.